The lowest BCUT2D eigenvalue weighted by atomic mass is 10.1. The molecule has 1 atom stereocenters. The summed E-state index contributed by atoms with van der Waals surface area (Å²) in [7, 11) is -6.45. The molecule has 3 nitrogen and oxygen atoms in total. The van der Waals surface area contributed by atoms with Crippen LogP contribution in [0.3, 0.4) is 0 Å². The van der Waals surface area contributed by atoms with Crippen LogP contribution < -0.4 is 9.79 Å². The Bertz CT molecular complexity index is 277. The van der Waals surface area contributed by atoms with Gasteiger partial charge in [0.2, 0.25) is 0 Å². The third kappa shape index (κ3) is 3.35. The van der Waals surface area contributed by atoms with Gasteiger partial charge in [-0.25, -0.2) is 0 Å². The molecule has 0 aliphatic heterocycles. The Kier molecular flexibility index (Phi) is 3.57. The van der Waals surface area contributed by atoms with Crippen molar-refractivity contribution in [3.63, 3.8) is 0 Å². The maximum absolute atomic E-state index is 12.1. The monoisotopic (exact) mass is 258 g/mol. The predicted molar refractivity (Wildman–Crippen MR) is 32.7 cm³/mol. The number of halogens is 6. The van der Waals surface area contributed by atoms with Crippen LogP contribution in [-0.4, -0.2) is 17.5 Å². The molecule has 0 fully saturated rings. The van der Waals surface area contributed by atoms with Gasteiger partial charge in [0.1, 0.15) is 0 Å². The summed E-state index contributed by atoms with van der Waals surface area (Å²) in [4.78, 5) is 20.5. The Morgan fingerprint density at radius 3 is 1.47 bits per heavy atom. The van der Waals surface area contributed by atoms with Crippen LogP contribution in [0.5, 0.6) is 0 Å². The normalized spacial score (nSPS) is 18.7. The van der Waals surface area contributed by atoms with E-state index in [0.29, 0.717) is 0 Å². The third-order valence-electron chi connectivity index (χ3n) is 1.76. The third-order valence-corrected chi connectivity index (χ3v) is 3.38. The summed E-state index contributed by atoms with van der Waals surface area (Å²) in [5.41, 5.74) is 0. The van der Waals surface area contributed by atoms with Crippen LogP contribution in [0, 0.1) is 0 Å². The van der Waals surface area contributed by atoms with E-state index < -0.39 is 31.5 Å². The zero-order valence-corrected chi connectivity index (χ0v) is 8.04. The largest absolute Gasteiger partial charge is 0.810 e. The predicted octanol–water partition coefficient (Wildman–Crippen LogP) is 1.17. The molecule has 0 rings (SSSR count). The van der Waals surface area contributed by atoms with E-state index in [1.807, 2.05) is 0 Å². The van der Waals surface area contributed by atoms with Crippen molar-refractivity contribution >= 4 is 7.60 Å². The highest BCUT2D eigenvalue weighted by Gasteiger charge is 2.58. The van der Waals surface area contributed by atoms with Crippen molar-refractivity contribution in [2.75, 3.05) is 0 Å². The van der Waals surface area contributed by atoms with Gasteiger partial charge in [-0.05, 0) is 6.92 Å². The number of rotatable bonds is 2. The zero-order valence-electron chi connectivity index (χ0n) is 7.15. The highest BCUT2D eigenvalue weighted by molar-refractivity contribution is 7.50. The molecule has 0 radical (unpaired) electrons. The Hall–Kier alpha value is -0.270. The van der Waals surface area contributed by atoms with Crippen LogP contribution in [-0.2, 0) is 4.57 Å². The van der Waals surface area contributed by atoms with Crippen molar-refractivity contribution in [3.8, 4) is 0 Å². The first kappa shape index (κ1) is 14.7. The molecule has 1 unspecified atom stereocenters. The Balaban J connectivity index is 5.36. The van der Waals surface area contributed by atoms with Crippen LogP contribution in [0.4, 0.5) is 26.3 Å². The van der Waals surface area contributed by atoms with Gasteiger partial charge in [-0.15, -0.1) is 0 Å². The van der Waals surface area contributed by atoms with Gasteiger partial charge in [0, 0.05) is 0 Å². The fourth-order valence-corrected chi connectivity index (χ4v) is 1.43. The first-order valence-electron chi connectivity index (χ1n) is 3.36. The summed E-state index contributed by atoms with van der Waals surface area (Å²) in [5, 5.41) is -4.32. The van der Waals surface area contributed by atoms with Gasteiger partial charge in [0.25, 0.3) is 0 Å². The van der Waals surface area contributed by atoms with Gasteiger partial charge in [-0.3, -0.25) is 0 Å². The molecule has 0 N–H and O–H groups in total. The quantitative estimate of drug-likeness (QED) is 0.551. The van der Waals surface area contributed by atoms with Crippen LogP contribution in [0.1, 0.15) is 13.3 Å². The maximum atomic E-state index is 12.1. The second kappa shape index (κ2) is 3.64. The van der Waals surface area contributed by atoms with Crippen molar-refractivity contribution in [2.45, 2.75) is 30.9 Å². The van der Waals surface area contributed by atoms with E-state index in [1.165, 1.54) is 0 Å². The maximum Gasteiger partial charge on any atom is 0.399 e. The average molecular weight is 258 g/mol. The summed E-state index contributed by atoms with van der Waals surface area (Å²) in [6.45, 7) is -0.277. The Morgan fingerprint density at radius 2 is 1.40 bits per heavy atom. The first-order valence-corrected chi connectivity index (χ1v) is 4.90. The molecule has 0 bridgehead atoms. The van der Waals surface area contributed by atoms with Gasteiger partial charge >= 0.3 is 12.4 Å². The lowest BCUT2D eigenvalue weighted by molar-refractivity contribution is -0.337. The van der Waals surface area contributed by atoms with Crippen LogP contribution in [0.2, 0.25) is 0 Å². The van der Waals surface area contributed by atoms with Crippen molar-refractivity contribution in [1.29, 1.82) is 0 Å². The molecule has 0 spiro atoms. The minimum absolute atomic E-state index is 0.277. The SMILES string of the molecule is CC(CC(F)(F)F)(C(F)(F)F)P(=O)([O-])[O-]. The Labute approximate surface area is 80.2 Å². The second-order valence-corrected chi connectivity index (χ2v) is 5.04. The molecule has 92 valence electrons. The second-order valence-electron chi connectivity index (χ2n) is 3.06. The molecule has 15 heavy (non-hydrogen) atoms. The molecule has 10 heteroatoms. The van der Waals surface area contributed by atoms with Crippen molar-refractivity contribution < 1.29 is 40.7 Å². The molecule has 0 aromatic carbocycles. The van der Waals surface area contributed by atoms with Crippen molar-refractivity contribution in [1.82, 2.24) is 0 Å². The topological polar surface area (TPSA) is 63.2 Å². The molecule has 0 heterocycles. The number of alkyl halides is 6. The number of hydrogen-bond acceptors (Lipinski definition) is 3. The van der Waals surface area contributed by atoms with E-state index in [1.54, 1.807) is 0 Å². The van der Waals surface area contributed by atoms with Gasteiger partial charge in [0.05, 0.1) is 11.6 Å². The van der Waals surface area contributed by atoms with Gasteiger partial charge in [0.15, 0.2) is 0 Å². The summed E-state index contributed by atoms with van der Waals surface area (Å²) in [6, 6.07) is 0. The lowest BCUT2D eigenvalue weighted by Gasteiger charge is -2.48. The van der Waals surface area contributed by atoms with Crippen molar-refractivity contribution in [3.05, 3.63) is 0 Å². The molecule has 0 aromatic rings. The molecule has 0 saturated carbocycles. The standard InChI is InChI=1S/C5H7F6O3P/c1-3(5(9,10)11,15(12,13)14)2-4(6,7)8/h2H2,1H3,(H2,12,13,14)/p-2. The number of hydrogen-bond donors (Lipinski definition) is 0. The van der Waals surface area contributed by atoms with E-state index in [2.05, 4.69) is 0 Å². The minimum Gasteiger partial charge on any atom is -0.810 e. The minimum atomic E-state index is -6.45. The van der Waals surface area contributed by atoms with E-state index in [0.717, 1.165) is 0 Å². The van der Waals surface area contributed by atoms with Crippen LogP contribution in [0.15, 0.2) is 0 Å². The Morgan fingerprint density at radius 1 is 1.07 bits per heavy atom. The lowest BCUT2D eigenvalue weighted by Crippen LogP contribution is -2.51. The van der Waals surface area contributed by atoms with E-state index in [4.69, 9.17) is 0 Å². The molecule has 0 aliphatic rings. The summed E-state index contributed by atoms with van der Waals surface area (Å²) >= 11 is 0. The van der Waals surface area contributed by atoms with Crippen LogP contribution >= 0.6 is 7.60 Å². The molecular formula is C5H5F6O3P-2. The van der Waals surface area contributed by atoms with Crippen LogP contribution in [0.25, 0.3) is 0 Å². The van der Waals surface area contributed by atoms with E-state index in [9.17, 15) is 40.7 Å². The molecule has 0 aliphatic carbocycles. The summed E-state index contributed by atoms with van der Waals surface area (Å²) in [6.07, 6.45) is -13.9. The molecular weight excluding hydrogens is 253 g/mol. The van der Waals surface area contributed by atoms with E-state index >= 15 is 0 Å². The van der Waals surface area contributed by atoms with Crippen molar-refractivity contribution in [2.24, 2.45) is 0 Å². The summed E-state index contributed by atoms with van der Waals surface area (Å²) in [5.74, 6) is 0. The highest BCUT2D eigenvalue weighted by Crippen LogP contribution is 2.57. The smallest absolute Gasteiger partial charge is 0.399 e. The molecule has 0 aromatic heterocycles. The summed E-state index contributed by atoms with van der Waals surface area (Å²) < 4.78 is 81.5. The van der Waals surface area contributed by atoms with Gasteiger partial charge < -0.3 is 14.4 Å². The average Bonchev–Trinajstić information content (AvgIpc) is 1.77. The highest BCUT2D eigenvalue weighted by atomic mass is 31.2. The fourth-order valence-electron chi connectivity index (χ4n) is 0.743. The molecule has 0 saturated heterocycles. The van der Waals surface area contributed by atoms with Gasteiger partial charge in [-0.1, -0.05) is 7.60 Å². The fraction of sp³-hybridized carbons (Fsp3) is 1.00. The molecule has 0 amide bonds. The van der Waals surface area contributed by atoms with Gasteiger partial charge in [-0.2, -0.15) is 26.3 Å². The first-order chi connectivity index (χ1) is 6.21. The zero-order chi connectivity index (χ0) is 12.7. The van der Waals surface area contributed by atoms with E-state index in [-0.39, 0.29) is 6.92 Å².